The third-order valence-corrected chi connectivity index (χ3v) is 3.50. The van der Waals surface area contributed by atoms with E-state index in [1.54, 1.807) is 6.20 Å². The largest absolute Gasteiger partial charge is 0.489 e. The van der Waals surface area contributed by atoms with Gasteiger partial charge in [-0.2, -0.15) is 0 Å². The zero-order valence-electron chi connectivity index (χ0n) is 12.5. The molecular weight excluding hydrogens is 282 g/mol. The minimum Gasteiger partial charge on any atom is -0.489 e. The molecule has 0 bridgehead atoms. The fraction of sp³-hybridized carbons (Fsp3) is 0.312. The van der Waals surface area contributed by atoms with E-state index >= 15 is 0 Å². The van der Waals surface area contributed by atoms with E-state index in [1.165, 1.54) is 13.3 Å². The van der Waals surface area contributed by atoms with E-state index < -0.39 is 5.97 Å². The van der Waals surface area contributed by atoms with Crippen LogP contribution in [0.4, 0.5) is 5.82 Å². The molecule has 0 saturated heterocycles. The normalized spacial score (nSPS) is 17.2. The highest BCUT2D eigenvalue weighted by molar-refractivity contribution is 5.86. The predicted octanol–water partition coefficient (Wildman–Crippen LogP) is 2.05. The Morgan fingerprint density at radius 3 is 2.86 bits per heavy atom. The van der Waals surface area contributed by atoms with Gasteiger partial charge in [0, 0.05) is 12.1 Å². The van der Waals surface area contributed by atoms with Gasteiger partial charge < -0.3 is 14.4 Å². The number of hydrogen-bond donors (Lipinski definition) is 0. The summed E-state index contributed by atoms with van der Waals surface area (Å²) < 4.78 is 10.6. The number of esters is 1. The molecule has 1 unspecified atom stereocenters. The molecule has 114 valence electrons. The maximum absolute atomic E-state index is 11.4. The van der Waals surface area contributed by atoms with Gasteiger partial charge in [0.15, 0.2) is 5.69 Å². The number of aromatic nitrogens is 2. The van der Waals surface area contributed by atoms with E-state index in [0.717, 1.165) is 11.3 Å². The van der Waals surface area contributed by atoms with Gasteiger partial charge in [-0.15, -0.1) is 0 Å². The molecule has 1 aromatic heterocycles. The number of ether oxygens (including phenoxy) is 2. The van der Waals surface area contributed by atoms with Crippen molar-refractivity contribution < 1.29 is 14.3 Å². The topological polar surface area (TPSA) is 64.5 Å². The molecular formula is C16H17N3O3. The number of nitrogens with zero attached hydrogens (tertiary/aromatic N) is 3. The van der Waals surface area contributed by atoms with Crippen molar-refractivity contribution in [3.8, 4) is 5.75 Å². The molecule has 0 spiro atoms. The second kappa shape index (κ2) is 6.01. The summed E-state index contributed by atoms with van der Waals surface area (Å²) in [6.45, 7) is 3.40. The average molecular weight is 299 g/mol. The molecule has 22 heavy (non-hydrogen) atoms. The first-order valence-electron chi connectivity index (χ1n) is 7.07. The lowest BCUT2D eigenvalue weighted by molar-refractivity contribution is 0.0593. The van der Waals surface area contributed by atoms with Gasteiger partial charge in [-0.25, -0.2) is 14.8 Å². The zero-order valence-corrected chi connectivity index (χ0v) is 12.5. The lowest BCUT2D eigenvalue weighted by atomic mass is 10.2. The predicted molar refractivity (Wildman–Crippen MR) is 81.0 cm³/mol. The molecule has 0 fully saturated rings. The first-order chi connectivity index (χ1) is 10.7. The van der Waals surface area contributed by atoms with Crippen molar-refractivity contribution >= 4 is 11.8 Å². The number of carbonyl (C=O) groups is 1. The Kier molecular flexibility index (Phi) is 3.91. The summed E-state index contributed by atoms with van der Waals surface area (Å²) >= 11 is 0. The van der Waals surface area contributed by atoms with E-state index in [2.05, 4.69) is 19.6 Å². The van der Waals surface area contributed by atoms with E-state index in [-0.39, 0.29) is 11.8 Å². The first-order valence-corrected chi connectivity index (χ1v) is 7.07. The van der Waals surface area contributed by atoms with Crippen LogP contribution in [0.25, 0.3) is 0 Å². The Morgan fingerprint density at radius 2 is 2.14 bits per heavy atom. The SMILES string of the molecule is COC(=O)c1cnc(N2Cc3ccccc3OC(C)C2)cn1. The number of carbonyl (C=O) groups excluding carboxylic acids is 1. The number of methoxy groups -OCH3 is 1. The fourth-order valence-corrected chi connectivity index (χ4v) is 2.45. The number of rotatable bonds is 2. The molecule has 3 rings (SSSR count). The third-order valence-electron chi connectivity index (χ3n) is 3.50. The number of benzene rings is 1. The molecule has 0 N–H and O–H groups in total. The molecule has 0 aliphatic carbocycles. The molecule has 2 aromatic rings. The van der Waals surface area contributed by atoms with Crippen LogP contribution in [0.5, 0.6) is 5.75 Å². The highest BCUT2D eigenvalue weighted by Gasteiger charge is 2.21. The number of para-hydroxylation sites is 1. The summed E-state index contributed by atoms with van der Waals surface area (Å²) in [5.41, 5.74) is 1.30. The van der Waals surface area contributed by atoms with Crippen LogP contribution in [-0.4, -0.2) is 35.7 Å². The van der Waals surface area contributed by atoms with Crippen LogP contribution in [0.3, 0.4) is 0 Å². The van der Waals surface area contributed by atoms with Gasteiger partial charge in [0.1, 0.15) is 17.7 Å². The van der Waals surface area contributed by atoms with E-state index in [0.29, 0.717) is 18.9 Å². The summed E-state index contributed by atoms with van der Waals surface area (Å²) in [7, 11) is 1.32. The Hall–Kier alpha value is -2.63. The van der Waals surface area contributed by atoms with Crippen LogP contribution in [0.1, 0.15) is 23.0 Å². The second-order valence-corrected chi connectivity index (χ2v) is 5.17. The van der Waals surface area contributed by atoms with Gasteiger partial charge in [-0.05, 0) is 13.0 Å². The van der Waals surface area contributed by atoms with Gasteiger partial charge in [0.2, 0.25) is 0 Å². The van der Waals surface area contributed by atoms with Crippen molar-refractivity contribution in [2.45, 2.75) is 19.6 Å². The van der Waals surface area contributed by atoms with Crippen LogP contribution < -0.4 is 9.64 Å². The quantitative estimate of drug-likeness (QED) is 0.791. The molecule has 6 nitrogen and oxygen atoms in total. The zero-order chi connectivity index (χ0) is 15.5. The van der Waals surface area contributed by atoms with Gasteiger partial charge >= 0.3 is 5.97 Å². The lowest BCUT2D eigenvalue weighted by Gasteiger charge is -2.22. The average Bonchev–Trinajstić information content (AvgIpc) is 2.72. The Bertz CT molecular complexity index is 673. The first kappa shape index (κ1) is 14.3. The van der Waals surface area contributed by atoms with E-state index in [9.17, 15) is 4.79 Å². The van der Waals surface area contributed by atoms with Crippen molar-refractivity contribution in [3.63, 3.8) is 0 Å². The minimum absolute atomic E-state index is 0.0331. The standard InChI is InChI=1S/C16H17N3O3/c1-11-9-19(10-12-5-3-4-6-14(12)22-11)15-8-17-13(7-18-15)16(20)21-2/h3-8,11H,9-10H2,1-2H3. The minimum atomic E-state index is -0.489. The van der Waals surface area contributed by atoms with Crippen LogP contribution in [0.15, 0.2) is 36.7 Å². The fourth-order valence-electron chi connectivity index (χ4n) is 2.45. The van der Waals surface area contributed by atoms with Crippen molar-refractivity contribution in [2.75, 3.05) is 18.6 Å². The van der Waals surface area contributed by atoms with Crippen LogP contribution in [0.2, 0.25) is 0 Å². The Balaban J connectivity index is 1.86. The van der Waals surface area contributed by atoms with Gasteiger partial charge in [-0.1, -0.05) is 18.2 Å². The summed E-state index contributed by atoms with van der Waals surface area (Å²) in [4.78, 5) is 21.9. The molecule has 0 amide bonds. The van der Waals surface area contributed by atoms with Gasteiger partial charge in [-0.3, -0.25) is 0 Å². The van der Waals surface area contributed by atoms with E-state index in [4.69, 9.17) is 4.74 Å². The number of fused-ring (bicyclic) bond motifs is 1. The van der Waals surface area contributed by atoms with Crippen LogP contribution in [-0.2, 0) is 11.3 Å². The number of anilines is 1. The molecule has 0 radical (unpaired) electrons. The highest BCUT2D eigenvalue weighted by Crippen LogP contribution is 2.26. The molecule has 1 atom stereocenters. The molecule has 0 saturated carbocycles. The van der Waals surface area contributed by atoms with Crippen molar-refractivity contribution in [2.24, 2.45) is 0 Å². The molecule has 1 aromatic carbocycles. The maximum atomic E-state index is 11.4. The van der Waals surface area contributed by atoms with Crippen LogP contribution in [0, 0.1) is 0 Å². The Labute approximate surface area is 128 Å². The summed E-state index contributed by atoms with van der Waals surface area (Å²) in [6, 6.07) is 7.96. The van der Waals surface area contributed by atoms with Crippen molar-refractivity contribution in [1.82, 2.24) is 9.97 Å². The highest BCUT2D eigenvalue weighted by atomic mass is 16.5. The van der Waals surface area contributed by atoms with Gasteiger partial charge in [0.25, 0.3) is 0 Å². The third kappa shape index (κ3) is 2.86. The summed E-state index contributed by atoms with van der Waals surface area (Å²) in [6.07, 6.45) is 3.06. The molecule has 6 heteroatoms. The summed E-state index contributed by atoms with van der Waals surface area (Å²) in [5.74, 6) is 1.12. The van der Waals surface area contributed by atoms with Crippen molar-refractivity contribution in [1.29, 1.82) is 0 Å². The maximum Gasteiger partial charge on any atom is 0.358 e. The molecule has 1 aliphatic rings. The lowest BCUT2D eigenvalue weighted by Crippen LogP contribution is -2.31. The monoisotopic (exact) mass is 299 g/mol. The Morgan fingerprint density at radius 1 is 1.32 bits per heavy atom. The van der Waals surface area contributed by atoms with Gasteiger partial charge in [0.05, 0.1) is 26.0 Å². The molecule has 1 aliphatic heterocycles. The summed E-state index contributed by atoms with van der Waals surface area (Å²) in [5, 5.41) is 0. The molecule has 2 heterocycles. The van der Waals surface area contributed by atoms with Crippen molar-refractivity contribution in [3.05, 3.63) is 47.9 Å². The number of hydrogen-bond acceptors (Lipinski definition) is 6. The van der Waals surface area contributed by atoms with E-state index in [1.807, 2.05) is 31.2 Å². The smallest absolute Gasteiger partial charge is 0.358 e. The van der Waals surface area contributed by atoms with Crippen LogP contribution >= 0.6 is 0 Å². The second-order valence-electron chi connectivity index (χ2n) is 5.17.